The van der Waals surface area contributed by atoms with Crippen molar-refractivity contribution in [1.82, 2.24) is 4.98 Å². The van der Waals surface area contributed by atoms with Crippen LogP contribution < -0.4 is 5.32 Å². The third-order valence-electron chi connectivity index (χ3n) is 5.36. The van der Waals surface area contributed by atoms with Gasteiger partial charge < -0.3 is 10.4 Å². The number of nitrogens with zero attached hydrogens (tertiary/aromatic N) is 1. The van der Waals surface area contributed by atoms with Crippen LogP contribution in [0.3, 0.4) is 0 Å². The molecule has 1 aromatic heterocycles. The summed E-state index contributed by atoms with van der Waals surface area (Å²) in [6, 6.07) is 8.83. The van der Waals surface area contributed by atoms with E-state index in [0.29, 0.717) is 11.3 Å². The number of benzene rings is 1. The van der Waals surface area contributed by atoms with Crippen molar-refractivity contribution in [2.75, 3.05) is 5.32 Å². The number of anilines is 1. The normalized spacial score (nSPS) is 17.2. The van der Waals surface area contributed by atoms with Crippen LogP contribution in [-0.4, -0.2) is 22.0 Å². The van der Waals surface area contributed by atoms with Crippen molar-refractivity contribution in [3.8, 4) is 0 Å². The Hall–Kier alpha value is -2.69. The van der Waals surface area contributed by atoms with Gasteiger partial charge in [0, 0.05) is 5.56 Å². The Morgan fingerprint density at radius 2 is 1.65 bits per heavy atom. The van der Waals surface area contributed by atoms with E-state index in [-0.39, 0.29) is 22.4 Å². The minimum atomic E-state index is -1.09. The summed E-state index contributed by atoms with van der Waals surface area (Å²) in [7, 11) is 0. The Bertz CT molecular complexity index is 867. The Kier molecular flexibility index (Phi) is 4.34. The highest BCUT2D eigenvalue weighted by molar-refractivity contribution is 6.04. The highest BCUT2D eigenvalue weighted by atomic mass is 16.4. The molecule has 136 valence electrons. The van der Waals surface area contributed by atoms with Crippen LogP contribution in [0.1, 0.15) is 72.5 Å². The van der Waals surface area contributed by atoms with Crippen molar-refractivity contribution in [1.29, 1.82) is 0 Å². The molecule has 0 aliphatic heterocycles. The van der Waals surface area contributed by atoms with Crippen LogP contribution in [0.4, 0.5) is 5.69 Å². The lowest BCUT2D eigenvalue weighted by atomic mass is 9.63. The average molecular weight is 352 g/mol. The van der Waals surface area contributed by atoms with Crippen LogP contribution in [-0.2, 0) is 10.8 Å². The van der Waals surface area contributed by atoms with Gasteiger partial charge in [-0.2, -0.15) is 0 Å². The van der Waals surface area contributed by atoms with Crippen LogP contribution in [0.25, 0.3) is 0 Å². The Morgan fingerprint density at radius 1 is 1.00 bits per heavy atom. The van der Waals surface area contributed by atoms with Gasteiger partial charge in [-0.3, -0.25) is 4.79 Å². The van der Waals surface area contributed by atoms with Crippen molar-refractivity contribution in [2.45, 2.75) is 51.4 Å². The van der Waals surface area contributed by atoms with Crippen molar-refractivity contribution in [3.05, 3.63) is 58.9 Å². The maximum absolute atomic E-state index is 12.6. The number of fused-ring (bicyclic) bond motifs is 1. The van der Waals surface area contributed by atoms with Gasteiger partial charge in [0.15, 0.2) is 0 Å². The third kappa shape index (κ3) is 3.34. The van der Waals surface area contributed by atoms with Gasteiger partial charge >= 0.3 is 5.97 Å². The van der Waals surface area contributed by atoms with Crippen LogP contribution in [0.5, 0.6) is 0 Å². The molecule has 2 N–H and O–H groups in total. The summed E-state index contributed by atoms with van der Waals surface area (Å²) in [5, 5.41) is 11.7. The molecule has 1 amide bonds. The first kappa shape index (κ1) is 18.1. The molecule has 5 heteroatoms. The summed E-state index contributed by atoms with van der Waals surface area (Å²) in [5.41, 5.74) is 3.68. The molecule has 26 heavy (non-hydrogen) atoms. The summed E-state index contributed by atoms with van der Waals surface area (Å²) in [6.07, 6.45) is 3.56. The number of carboxylic acids is 1. The molecule has 1 heterocycles. The Morgan fingerprint density at radius 3 is 2.23 bits per heavy atom. The number of hydrogen-bond acceptors (Lipinski definition) is 3. The second-order valence-corrected chi connectivity index (χ2v) is 8.22. The molecule has 0 fully saturated rings. The number of carbonyl (C=O) groups excluding carboxylic acids is 1. The first-order valence-electron chi connectivity index (χ1n) is 8.76. The van der Waals surface area contributed by atoms with Crippen LogP contribution in [0, 0.1) is 0 Å². The lowest BCUT2D eigenvalue weighted by Gasteiger charge is -2.42. The first-order chi connectivity index (χ1) is 12.1. The molecule has 0 bridgehead atoms. The fourth-order valence-corrected chi connectivity index (χ4v) is 3.53. The van der Waals surface area contributed by atoms with Gasteiger partial charge in [0.2, 0.25) is 0 Å². The number of hydrogen-bond donors (Lipinski definition) is 2. The van der Waals surface area contributed by atoms with Gasteiger partial charge in [-0.05, 0) is 59.1 Å². The van der Waals surface area contributed by atoms with E-state index in [2.05, 4.69) is 44.1 Å². The zero-order valence-electron chi connectivity index (χ0n) is 15.6. The summed E-state index contributed by atoms with van der Waals surface area (Å²) in [4.78, 5) is 27.3. The largest absolute Gasteiger partial charge is 0.477 e. The Balaban J connectivity index is 1.88. The summed E-state index contributed by atoms with van der Waals surface area (Å²) in [5.74, 6) is -1.32. The van der Waals surface area contributed by atoms with E-state index in [0.717, 1.165) is 12.8 Å². The summed E-state index contributed by atoms with van der Waals surface area (Å²) >= 11 is 0. The highest BCUT2D eigenvalue weighted by Crippen LogP contribution is 2.45. The number of aromatic nitrogens is 1. The van der Waals surface area contributed by atoms with E-state index in [4.69, 9.17) is 5.11 Å². The molecule has 0 atom stereocenters. The first-order valence-corrected chi connectivity index (χ1v) is 8.76. The highest BCUT2D eigenvalue weighted by Gasteiger charge is 2.37. The fourth-order valence-electron chi connectivity index (χ4n) is 3.53. The van der Waals surface area contributed by atoms with Gasteiger partial charge in [-0.15, -0.1) is 0 Å². The van der Waals surface area contributed by atoms with Crippen LogP contribution in [0.2, 0.25) is 0 Å². The number of amides is 1. The van der Waals surface area contributed by atoms with E-state index in [1.54, 1.807) is 6.07 Å². The van der Waals surface area contributed by atoms with Gasteiger partial charge in [-0.1, -0.05) is 33.8 Å². The molecule has 0 radical (unpaired) electrons. The molecule has 1 aliphatic carbocycles. The molecule has 0 saturated carbocycles. The second-order valence-electron chi connectivity index (χ2n) is 8.22. The average Bonchev–Trinajstić information content (AvgIpc) is 2.59. The lowest BCUT2D eigenvalue weighted by molar-refractivity contribution is 0.0690. The zero-order valence-corrected chi connectivity index (χ0v) is 15.6. The van der Waals surface area contributed by atoms with E-state index >= 15 is 0 Å². The predicted molar refractivity (Wildman–Crippen MR) is 101 cm³/mol. The quantitative estimate of drug-likeness (QED) is 0.859. The number of pyridine rings is 1. The van der Waals surface area contributed by atoms with E-state index in [1.165, 1.54) is 23.4 Å². The van der Waals surface area contributed by atoms with Crippen LogP contribution in [0.15, 0.2) is 36.5 Å². The molecule has 1 aliphatic rings. The molecule has 3 rings (SSSR count). The maximum Gasteiger partial charge on any atom is 0.354 e. The van der Waals surface area contributed by atoms with Crippen molar-refractivity contribution < 1.29 is 14.7 Å². The standard InChI is InChI=1S/C21H24N2O3/c1-20(2)9-10-21(3,4)16-11-13(5-7-15(16)20)18(24)23-14-6-8-17(19(25)26)22-12-14/h5-8,11-12H,9-10H2,1-4H3,(H,23,24)(H,25,26). The molecule has 2 aromatic rings. The monoisotopic (exact) mass is 352 g/mol. The van der Waals surface area contributed by atoms with E-state index in [9.17, 15) is 9.59 Å². The zero-order chi connectivity index (χ0) is 19.1. The van der Waals surface area contributed by atoms with Crippen molar-refractivity contribution in [3.63, 3.8) is 0 Å². The second kappa shape index (κ2) is 6.24. The number of carbonyl (C=O) groups is 2. The fraction of sp³-hybridized carbons (Fsp3) is 0.381. The van der Waals surface area contributed by atoms with Crippen molar-refractivity contribution >= 4 is 17.6 Å². The molecule has 5 nitrogen and oxygen atoms in total. The van der Waals surface area contributed by atoms with Gasteiger partial charge in [-0.25, -0.2) is 9.78 Å². The molecule has 0 spiro atoms. The van der Waals surface area contributed by atoms with Crippen molar-refractivity contribution in [2.24, 2.45) is 0 Å². The summed E-state index contributed by atoms with van der Waals surface area (Å²) < 4.78 is 0. The SMILES string of the molecule is CC1(C)CCC(C)(C)c2cc(C(=O)Nc3ccc(C(=O)O)nc3)ccc21. The number of aromatic carboxylic acids is 1. The molecule has 1 aromatic carbocycles. The number of carboxylic acid groups (broad SMARTS) is 1. The number of rotatable bonds is 3. The number of nitrogens with one attached hydrogen (secondary N) is 1. The topological polar surface area (TPSA) is 79.3 Å². The van der Waals surface area contributed by atoms with Crippen LogP contribution >= 0.6 is 0 Å². The molecule has 0 saturated heterocycles. The predicted octanol–water partition coefficient (Wildman–Crippen LogP) is 4.38. The van der Waals surface area contributed by atoms with E-state index in [1.807, 2.05) is 12.1 Å². The van der Waals surface area contributed by atoms with E-state index < -0.39 is 5.97 Å². The Labute approximate surface area is 153 Å². The summed E-state index contributed by atoms with van der Waals surface area (Å²) in [6.45, 7) is 8.93. The third-order valence-corrected chi connectivity index (χ3v) is 5.36. The molecule has 0 unspecified atom stereocenters. The lowest BCUT2D eigenvalue weighted by Crippen LogP contribution is -2.34. The minimum Gasteiger partial charge on any atom is -0.477 e. The van der Waals surface area contributed by atoms with Gasteiger partial charge in [0.25, 0.3) is 5.91 Å². The maximum atomic E-state index is 12.6. The van der Waals surface area contributed by atoms with Gasteiger partial charge in [0.1, 0.15) is 5.69 Å². The smallest absolute Gasteiger partial charge is 0.354 e. The minimum absolute atomic E-state index is 0.0336. The molecular weight excluding hydrogens is 328 g/mol. The van der Waals surface area contributed by atoms with Gasteiger partial charge in [0.05, 0.1) is 11.9 Å². The molecular formula is C21H24N2O3.